The molecule has 3 aliphatic rings. The fourth-order valence-corrected chi connectivity index (χ4v) is 9.27. The highest BCUT2D eigenvalue weighted by Crippen LogP contribution is 2.37. The lowest BCUT2D eigenvalue weighted by Gasteiger charge is -2.23. The van der Waals surface area contributed by atoms with E-state index in [0.717, 1.165) is 62.9 Å². The molecule has 10 atom stereocenters. The Morgan fingerprint density at radius 2 is 0.958 bits per heavy atom. The molecule has 1 amide bonds. The molecule has 40 nitrogen and oxygen atoms in total. The lowest BCUT2D eigenvalue weighted by atomic mass is 10.1. The molecule has 7 heterocycles. The smallest absolute Gasteiger partial charge is 0.303 e. The monoisotopic (exact) mass is 1450 g/mol. The lowest BCUT2D eigenvalue weighted by molar-refractivity contribution is -0.166. The number of H-pyrrole nitrogens is 2. The molecule has 96 heavy (non-hydrogen) atoms. The summed E-state index contributed by atoms with van der Waals surface area (Å²) in [6.45, 7) is 13.5. The van der Waals surface area contributed by atoms with Crippen LogP contribution in [0.3, 0.4) is 0 Å². The molecule has 3 fully saturated rings. The predicted octanol–water partition coefficient (Wildman–Crippen LogP) is 0.518. The molecule has 0 spiro atoms. The lowest BCUT2D eigenvalue weighted by Crippen LogP contribution is -2.40. The molecule has 7 rings (SSSR count). The molecule has 0 aliphatic carbocycles. The van der Waals surface area contributed by atoms with Crippen LogP contribution in [0.2, 0.25) is 0 Å². The van der Waals surface area contributed by atoms with Crippen LogP contribution >= 0.6 is 37.9 Å². The first kappa shape index (κ1) is 102. The number of aromatic amines is 2. The van der Waals surface area contributed by atoms with Crippen LogP contribution in [0.4, 0.5) is 11.9 Å². The summed E-state index contributed by atoms with van der Waals surface area (Å²) in [6, 6.07) is 0. The number of imidazole rings is 2. The molecule has 0 saturated carbocycles. The standard InChI is InChI=1S/C24H34N6O9.C24H34N6O7S2.C4H8O3.CH4.5H3N.4H2O.H2S.H2/c1-13(31)25-9-7-5-6-8-10-26-24-28-21-18(22(35)29-24)27-12-30(21)23-20(38-16(4)34)19(37-15(3)33)17(39-23)11-36-14(2)32;1-13(38)25-9-7-5-6-8-10-26-24-28-21-18(22(39)29-24)27-12-30(21)23-20(36-16(4)33)19(35-15(3)32)17(37-23)11-34-14(2)31;5-3-1-7-2-4(3)6;;;;;;;;;;;;/h12,17,19-20,23H,5-11H2,1-4H3,(H,25,31)(H2,26,28,29,35);12,17,19-20,23H,5-11H2,1-4H3,(H,25,38)(H2,26,28,29,39);3-6H,1-2H2;1H4;5*1H3;5*1H2;1H/t2*17-,19?,20+,23-;3-,4?;;;;;;;;;;;;/m111............/s1. The van der Waals surface area contributed by atoms with E-state index in [1.165, 1.54) is 65.7 Å². The van der Waals surface area contributed by atoms with E-state index in [-0.39, 0.29) is 129 Å². The molecule has 0 aromatic carbocycles. The van der Waals surface area contributed by atoms with Gasteiger partial charge in [0.2, 0.25) is 17.8 Å². The van der Waals surface area contributed by atoms with Crippen LogP contribution < -0.4 is 57.6 Å². The molecule has 3 unspecified atom stereocenters. The molecule has 43 heteroatoms. The number of aliphatic hydroxyl groups excluding tert-OH is 2. The zero-order valence-electron chi connectivity index (χ0n) is 54.6. The van der Waals surface area contributed by atoms with E-state index in [9.17, 15) is 38.4 Å². The van der Waals surface area contributed by atoms with Crippen LogP contribution in [0.15, 0.2) is 17.4 Å². The summed E-state index contributed by atoms with van der Waals surface area (Å²) in [4.78, 5) is 118. The average Bonchev–Trinajstić information content (AvgIpc) is 1.63. The summed E-state index contributed by atoms with van der Waals surface area (Å²) in [7, 11) is 0. The Labute approximate surface area is 573 Å². The average molecular weight is 1450 g/mol. The van der Waals surface area contributed by atoms with Crippen molar-refractivity contribution in [2.45, 2.75) is 175 Å². The molecule has 4 aromatic heterocycles. The molecule has 560 valence electrons. The molecule has 3 saturated heterocycles. The van der Waals surface area contributed by atoms with Gasteiger partial charge >= 0.3 is 35.8 Å². The number of thiocarbonyl (C=S) groups is 1. The van der Waals surface area contributed by atoms with Crippen LogP contribution in [0.25, 0.3) is 22.3 Å². The number of amides is 1. The SMILES string of the molecule is C.CC(=O)NCCCCCCNc1nc2c(ncn2[C@@H]2O[C@H](COC(C)=O)C(OC(C)=O)[C@@H]2OC(C)=O)c(=O)[nH]1.CC(=O)OC[C@H]1O[C@@H](n2cnc3c(=S)nc(NCCCCCCNC(C)=S)[nH]c32)[C@@H](OC(C)=O)C1OC(C)=O.N.N.N.N.N.O.O.O.O.OC1COC[C@H]1O.S.[HH]. The van der Waals surface area contributed by atoms with Crippen molar-refractivity contribution in [2.75, 3.05) is 63.2 Å². The number of anilines is 2. The first-order valence-electron chi connectivity index (χ1n) is 27.5. The van der Waals surface area contributed by atoms with Gasteiger partial charge in [0.05, 0.1) is 30.9 Å². The maximum Gasteiger partial charge on any atom is 0.303 e. The number of rotatable bonds is 26. The van der Waals surface area contributed by atoms with Gasteiger partial charge in [-0.25, -0.2) is 15.0 Å². The first-order valence-corrected chi connectivity index (χ1v) is 28.4. The van der Waals surface area contributed by atoms with E-state index in [1.54, 1.807) is 4.57 Å². The summed E-state index contributed by atoms with van der Waals surface area (Å²) >= 11 is 10.5. The van der Waals surface area contributed by atoms with Crippen molar-refractivity contribution in [1.29, 1.82) is 0 Å². The number of ether oxygens (including phenoxy) is 9. The predicted molar refractivity (Wildman–Crippen MR) is 365 cm³/mol. The van der Waals surface area contributed by atoms with Crippen molar-refractivity contribution in [1.82, 2.24) is 80.4 Å². The van der Waals surface area contributed by atoms with Crippen LogP contribution in [0, 0.1) is 4.64 Å². The molecular weight excluding hydrogens is 1340 g/mol. The van der Waals surface area contributed by atoms with Crippen molar-refractivity contribution >= 4 is 119 Å². The second kappa shape index (κ2) is 51.0. The van der Waals surface area contributed by atoms with Crippen molar-refractivity contribution in [3.63, 3.8) is 0 Å². The third kappa shape index (κ3) is 32.2. The highest BCUT2D eigenvalue weighted by Gasteiger charge is 2.52. The van der Waals surface area contributed by atoms with Crippen molar-refractivity contribution in [2.24, 2.45) is 0 Å². The van der Waals surface area contributed by atoms with Gasteiger partial charge in [-0.1, -0.05) is 57.5 Å². The second-order valence-electron chi connectivity index (χ2n) is 19.8. The minimum Gasteiger partial charge on any atom is -0.463 e. The second-order valence-corrected chi connectivity index (χ2v) is 20.8. The molecule has 0 radical (unpaired) electrons. The third-order valence-electron chi connectivity index (χ3n) is 12.7. The number of hydrogen-bond donors (Lipinski definition) is 13. The van der Waals surface area contributed by atoms with Crippen LogP contribution in [0.1, 0.15) is 128 Å². The van der Waals surface area contributed by atoms with Crippen LogP contribution in [-0.4, -0.2) is 219 Å². The van der Waals surface area contributed by atoms with Crippen molar-refractivity contribution < 1.29 is 110 Å². The summed E-state index contributed by atoms with van der Waals surface area (Å²) < 4.78 is 52.1. The van der Waals surface area contributed by atoms with E-state index < -0.39 is 103 Å². The Kier molecular flexibility index (Phi) is 54.3. The maximum absolute atomic E-state index is 12.7. The highest BCUT2D eigenvalue weighted by molar-refractivity contribution is 7.80. The summed E-state index contributed by atoms with van der Waals surface area (Å²) in [5.74, 6) is -3.02. The molecular formula is C53H107N17O23S3. The van der Waals surface area contributed by atoms with Crippen LogP contribution in [-0.2, 0) is 76.2 Å². The van der Waals surface area contributed by atoms with Gasteiger partial charge in [0, 0.05) is 76.1 Å². The van der Waals surface area contributed by atoms with E-state index in [0.29, 0.717) is 36.7 Å². The molecule has 0 bridgehead atoms. The maximum atomic E-state index is 12.7. The van der Waals surface area contributed by atoms with Gasteiger partial charge in [-0.2, -0.15) is 18.5 Å². The summed E-state index contributed by atoms with van der Waals surface area (Å²) in [5, 5.41) is 29.5. The minimum absolute atomic E-state index is 0. The number of carbonyl (C=O) groups excluding carboxylic acids is 7. The zero-order chi connectivity index (χ0) is 62.3. The quantitative estimate of drug-likeness (QED) is 0.0176. The molecule has 4 aromatic rings. The fraction of sp³-hybridized carbons (Fsp3) is 0.660. The van der Waals surface area contributed by atoms with E-state index in [1.807, 2.05) is 6.92 Å². The number of aromatic nitrogens is 8. The number of nitrogens with one attached hydrogen (secondary N) is 6. The Morgan fingerprint density at radius 1 is 0.573 bits per heavy atom. The Balaban J connectivity index is -0.000000221. The highest BCUT2D eigenvalue weighted by atomic mass is 32.1. The van der Waals surface area contributed by atoms with Gasteiger partial charge in [0.25, 0.3) is 5.56 Å². The Bertz CT molecular complexity index is 2880. The van der Waals surface area contributed by atoms with E-state index >= 15 is 0 Å². The Morgan fingerprint density at radius 3 is 1.35 bits per heavy atom. The fourth-order valence-electron chi connectivity index (χ4n) is 8.92. The third-order valence-corrected chi connectivity index (χ3v) is 13.1. The number of aliphatic hydroxyl groups is 2. The van der Waals surface area contributed by atoms with Gasteiger partial charge in [0.15, 0.2) is 52.7 Å². The minimum atomic E-state index is -1.14. The number of carbonyl (C=O) groups is 7. The van der Waals surface area contributed by atoms with Gasteiger partial charge in [0.1, 0.15) is 48.8 Å². The van der Waals surface area contributed by atoms with E-state index in [2.05, 4.69) is 55.9 Å². The van der Waals surface area contributed by atoms with Crippen molar-refractivity contribution in [3.8, 4) is 0 Å². The van der Waals surface area contributed by atoms with Gasteiger partial charge < -0.3 is 132 Å². The normalized spacial score (nSPS) is 19.6. The summed E-state index contributed by atoms with van der Waals surface area (Å²) in [5.41, 5.74) is 0.557. The number of hydrogen-bond acceptors (Lipinski definition) is 32. The van der Waals surface area contributed by atoms with Gasteiger partial charge in [-0.05, 0) is 32.6 Å². The Hall–Kier alpha value is -7.31. The largest absolute Gasteiger partial charge is 0.463 e. The topological polar surface area (TPSA) is 702 Å². The van der Waals surface area contributed by atoms with Gasteiger partial charge in [-0.15, -0.1) is 0 Å². The number of nitrogens with zero attached hydrogens (tertiary/aromatic N) is 6. The first-order chi connectivity index (χ1) is 40.4. The number of fused-ring (bicyclic) bond motifs is 2. The molecule has 3 aliphatic heterocycles. The van der Waals surface area contributed by atoms with Crippen molar-refractivity contribution in [3.05, 3.63) is 27.6 Å². The number of esters is 6. The summed E-state index contributed by atoms with van der Waals surface area (Å²) in [6.07, 6.45) is 0.859. The van der Waals surface area contributed by atoms with E-state index in [4.69, 9.17) is 72.5 Å². The van der Waals surface area contributed by atoms with Crippen LogP contribution in [0.5, 0.6) is 0 Å². The number of unbranched alkanes of at least 4 members (excludes halogenated alkanes) is 6. The molecule has 31 N–H and O–H groups in total. The van der Waals surface area contributed by atoms with Gasteiger partial charge in [-0.3, -0.25) is 52.5 Å². The zero-order valence-corrected chi connectivity index (χ0v) is 57.2.